The summed E-state index contributed by atoms with van der Waals surface area (Å²) < 4.78 is 0. The summed E-state index contributed by atoms with van der Waals surface area (Å²) in [6.07, 6.45) is 5.48. The van der Waals surface area contributed by atoms with E-state index < -0.39 is 6.04 Å². The van der Waals surface area contributed by atoms with Gasteiger partial charge < -0.3 is 15.5 Å². The van der Waals surface area contributed by atoms with Gasteiger partial charge in [0.1, 0.15) is 6.04 Å². The van der Waals surface area contributed by atoms with Gasteiger partial charge in [0, 0.05) is 35.9 Å². The van der Waals surface area contributed by atoms with Gasteiger partial charge in [-0.3, -0.25) is 9.59 Å². The van der Waals surface area contributed by atoms with E-state index in [0.29, 0.717) is 22.7 Å². The van der Waals surface area contributed by atoms with Crippen LogP contribution in [0, 0.1) is 0 Å². The van der Waals surface area contributed by atoms with Crippen molar-refractivity contribution in [3.05, 3.63) is 101 Å². The van der Waals surface area contributed by atoms with E-state index in [-0.39, 0.29) is 17.9 Å². The smallest absolute Gasteiger partial charge is 0.251 e. The van der Waals surface area contributed by atoms with Gasteiger partial charge in [-0.1, -0.05) is 79.4 Å². The van der Waals surface area contributed by atoms with Crippen LogP contribution >= 0.6 is 11.6 Å². The molecule has 1 aliphatic carbocycles. The lowest BCUT2D eigenvalue weighted by Crippen LogP contribution is -2.44. The van der Waals surface area contributed by atoms with Crippen molar-refractivity contribution in [3.8, 4) is 0 Å². The monoisotopic (exact) mass is 489 g/mol. The molecule has 0 aliphatic heterocycles. The van der Waals surface area contributed by atoms with E-state index in [1.807, 2.05) is 72.6 Å². The molecule has 1 aliphatic rings. The number of nitrogens with one attached hydrogen (secondary N) is 2. The molecule has 1 saturated carbocycles. The molecule has 0 aromatic heterocycles. The first-order chi connectivity index (χ1) is 17.0. The minimum Gasteiger partial charge on any atom is -0.359 e. The largest absolute Gasteiger partial charge is 0.359 e. The molecular formula is C29H32ClN3O2. The maximum Gasteiger partial charge on any atom is 0.251 e. The van der Waals surface area contributed by atoms with E-state index in [1.54, 1.807) is 18.2 Å². The van der Waals surface area contributed by atoms with Crippen molar-refractivity contribution in [3.63, 3.8) is 0 Å². The van der Waals surface area contributed by atoms with Crippen LogP contribution in [-0.4, -0.2) is 24.9 Å². The molecule has 6 heteroatoms. The third kappa shape index (κ3) is 6.43. The summed E-state index contributed by atoms with van der Waals surface area (Å²) in [6.45, 7) is 0.373. The fraction of sp³-hybridized carbons (Fsp3) is 0.310. The van der Waals surface area contributed by atoms with Crippen LogP contribution in [0.5, 0.6) is 0 Å². The zero-order valence-corrected chi connectivity index (χ0v) is 20.8. The minimum atomic E-state index is -0.642. The maximum atomic E-state index is 13.7. The van der Waals surface area contributed by atoms with E-state index in [0.717, 1.165) is 36.9 Å². The molecule has 1 unspecified atom stereocenters. The lowest BCUT2D eigenvalue weighted by atomic mass is 9.93. The molecule has 2 N–H and O–H groups in total. The molecule has 2 amide bonds. The molecule has 0 heterocycles. The highest BCUT2D eigenvalue weighted by Crippen LogP contribution is 2.29. The Morgan fingerprint density at radius 1 is 0.914 bits per heavy atom. The lowest BCUT2D eigenvalue weighted by Gasteiger charge is -2.33. The zero-order valence-electron chi connectivity index (χ0n) is 20.0. The third-order valence-corrected chi connectivity index (χ3v) is 6.87. The first-order valence-corrected chi connectivity index (χ1v) is 12.6. The van der Waals surface area contributed by atoms with Gasteiger partial charge in [0.05, 0.1) is 0 Å². The van der Waals surface area contributed by atoms with Crippen LogP contribution in [0.4, 0.5) is 5.69 Å². The molecule has 3 aromatic carbocycles. The zero-order chi connectivity index (χ0) is 24.6. The number of amides is 2. The molecule has 5 nitrogen and oxygen atoms in total. The normalized spacial score (nSPS) is 14.7. The highest BCUT2D eigenvalue weighted by molar-refractivity contribution is 6.30. The SMILES string of the molecule is CN(c1ccccc1)C(C(=O)NC1CCCCC1)c1ccccc1C(=O)NCc1ccc(Cl)cc1. The molecule has 0 radical (unpaired) electrons. The van der Waals surface area contributed by atoms with Gasteiger partial charge in [0.2, 0.25) is 5.91 Å². The number of benzene rings is 3. The van der Waals surface area contributed by atoms with Crippen molar-refractivity contribution in [2.75, 3.05) is 11.9 Å². The van der Waals surface area contributed by atoms with Crippen molar-refractivity contribution in [2.45, 2.75) is 50.7 Å². The number of halogens is 1. The molecule has 0 saturated heterocycles. The summed E-state index contributed by atoms with van der Waals surface area (Å²) in [5, 5.41) is 6.92. The van der Waals surface area contributed by atoms with Crippen LogP contribution in [0.25, 0.3) is 0 Å². The number of likely N-dealkylation sites (N-methyl/N-ethyl adjacent to an activating group) is 1. The topological polar surface area (TPSA) is 61.4 Å². The second kappa shape index (κ2) is 11.9. The molecule has 182 valence electrons. The van der Waals surface area contributed by atoms with E-state index in [2.05, 4.69) is 10.6 Å². The van der Waals surface area contributed by atoms with Crippen LogP contribution in [0.1, 0.15) is 59.6 Å². The lowest BCUT2D eigenvalue weighted by molar-refractivity contribution is -0.123. The summed E-state index contributed by atoms with van der Waals surface area (Å²) in [6, 6.07) is 24.1. The highest BCUT2D eigenvalue weighted by Gasteiger charge is 2.31. The Bertz CT molecular complexity index is 1130. The molecule has 4 rings (SSSR count). The molecule has 0 bridgehead atoms. The van der Waals surface area contributed by atoms with Crippen molar-refractivity contribution in [1.29, 1.82) is 0 Å². The predicted molar refractivity (Wildman–Crippen MR) is 142 cm³/mol. The van der Waals surface area contributed by atoms with Crippen molar-refractivity contribution < 1.29 is 9.59 Å². The average molecular weight is 490 g/mol. The molecule has 0 spiro atoms. The predicted octanol–water partition coefficient (Wildman–Crippen LogP) is 5.90. The quantitative estimate of drug-likeness (QED) is 0.414. The number of hydrogen-bond donors (Lipinski definition) is 2. The summed E-state index contributed by atoms with van der Waals surface area (Å²) in [7, 11) is 1.91. The first-order valence-electron chi connectivity index (χ1n) is 12.2. The number of hydrogen-bond acceptors (Lipinski definition) is 3. The van der Waals surface area contributed by atoms with Gasteiger partial charge >= 0.3 is 0 Å². The molecule has 35 heavy (non-hydrogen) atoms. The van der Waals surface area contributed by atoms with Gasteiger partial charge in [0.15, 0.2) is 0 Å². The van der Waals surface area contributed by atoms with Gasteiger partial charge in [-0.25, -0.2) is 0 Å². The summed E-state index contributed by atoms with van der Waals surface area (Å²) >= 11 is 5.98. The fourth-order valence-electron chi connectivity index (χ4n) is 4.69. The van der Waals surface area contributed by atoms with Crippen LogP contribution in [0.15, 0.2) is 78.9 Å². The second-order valence-corrected chi connectivity index (χ2v) is 9.53. The summed E-state index contributed by atoms with van der Waals surface area (Å²) in [5.74, 6) is -0.298. The molecule has 1 atom stereocenters. The Balaban J connectivity index is 1.61. The maximum absolute atomic E-state index is 13.7. The van der Waals surface area contributed by atoms with Crippen molar-refractivity contribution in [2.24, 2.45) is 0 Å². The number of carbonyl (C=O) groups excluding carboxylic acids is 2. The molecule has 3 aromatic rings. The van der Waals surface area contributed by atoms with Crippen LogP contribution in [0.3, 0.4) is 0 Å². The third-order valence-electron chi connectivity index (χ3n) is 6.62. The van der Waals surface area contributed by atoms with Crippen LogP contribution in [-0.2, 0) is 11.3 Å². The Labute approximate surface area is 212 Å². The number of rotatable bonds is 8. The Hall–Kier alpha value is -3.31. The highest BCUT2D eigenvalue weighted by atomic mass is 35.5. The standard InChI is InChI=1S/C29H32ClN3O2/c1-33(24-12-6-3-7-13-24)27(29(35)32-23-10-4-2-5-11-23)25-14-8-9-15-26(25)28(34)31-20-21-16-18-22(30)19-17-21/h3,6-9,12-19,23,27H,2,4-5,10-11,20H2,1H3,(H,31,34)(H,32,35). The molecular weight excluding hydrogens is 458 g/mol. The van der Waals surface area contributed by atoms with E-state index in [1.165, 1.54) is 6.42 Å². The van der Waals surface area contributed by atoms with E-state index >= 15 is 0 Å². The Morgan fingerprint density at radius 3 is 2.29 bits per heavy atom. The minimum absolute atomic E-state index is 0.0822. The number of nitrogens with zero attached hydrogens (tertiary/aromatic N) is 1. The van der Waals surface area contributed by atoms with Gasteiger partial charge in [-0.05, 0) is 54.3 Å². The van der Waals surface area contributed by atoms with Crippen molar-refractivity contribution in [1.82, 2.24) is 10.6 Å². The fourth-order valence-corrected chi connectivity index (χ4v) is 4.81. The van der Waals surface area contributed by atoms with Crippen LogP contribution < -0.4 is 15.5 Å². The van der Waals surface area contributed by atoms with E-state index in [9.17, 15) is 9.59 Å². The van der Waals surface area contributed by atoms with Gasteiger partial charge in [0.25, 0.3) is 5.91 Å². The number of anilines is 1. The summed E-state index contributed by atoms with van der Waals surface area (Å²) in [5.41, 5.74) is 3.04. The Kier molecular flexibility index (Phi) is 8.43. The summed E-state index contributed by atoms with van der Waals surface area (Å²) in [4.78, 5) is 29.0. The molecule has 1 fully saturated rings. The van der Waals surface area contributed by atoms with Gasteiger partial charge in [-0.2, -0.15) is 0 Å². The average Bonchev–Trinajstić information content (AvgIpc) is 2.89. The number of para-hydroxylation sites is 1. The first kappa shape index (κ1) is 24.8. The number of carbonyl (C=O) groups is 2. The Morgan fingerprint density at radius 2 is 1.57 bits per heavy atom. The van der Waals surface area contributed by atoms with E-state index in [4.69, 9.17) is 11.6 Å². The van der Waals surface area contributed by atoms with Crippen molar-refractivity contribution >= 4 is 29.1 Å². The second-order valence-electron chi connectivity index (χ2n) is 9.09. The van der Waals surface area contributed by atoms with Gasteiger partial charge in [-0.15, -0.1) is 0 Å². The van der Waals surface area contributed by atoms with Crippen LogP contribution in [0.2, 0.25) is 5.02 Å².